The lowest BCUT2D eigenvalue weighted by Crippen LogP contribution is -2.28. The molecule has 160 valence electrons. The van der Waals surface area contributed by atoms with Gasteiger partial charge in [0.25, 0.3) is 0 Å². The average Bonchev–Trinajstić information content (AvgIpc) is 3.44. The predicted octanol–water partition coefficient (Wildman–Crippen LogP) is 1.57. The van der Waals surface area contributed by atoms with E-state index < -0.39 is 17.2 Å². The molecular weight excluding hydrogens is 393 g/mol. The van der Waals surface area contributed by atoms with Gasteiger partial charge in [-0.15, -0.1) is 0 Å². The molecule has 1 atom stereocenters. The van der Waals surface area contributed by atoms with Crippen molar-refractivity contribution in [2.45, 2.75) is 18.9 Å². The second kappa shape index (κ2) is 7.67. The zero-order valence-electron chi connectivity index (χ0n) is 17.1. The van der Waals surface area contributed by atoms with Gasteiger partial charge in [0.15, 0.2) is 11.6 Å². The van der Waals surface area contributed by atoms with Crippen molar-refractivity contribution in [2.24, 2.45) is 11.1 Å². The second-order valence-electron chi connectivity index (χ2n) is 8.09. The molecule has 0 spiro atoms. The normalized spacial score (nSPS) is 20.5. The fourth-order valence-electron chi connectivity index (χ4n) is 3.99. The molecule has 2 aromatic rings. The number of anilines is 1. The lowest BCUT2D eigenvalue weighted by molar-refractivity contribution is 0.0695. The Morgan fingerprint density at radius 3 is 2.77 bits per heavy atom. The molecule has 9 nitrogen and oxygen atoms in total. The van der Waals surface area contributed by atoms with Crippen LogP contribution < -0.4 is 10.3 Å². The monoisotopic (exact) mass is 417 g/mol. The van der Waals surface area contributed by atoms with Crippen LogP contribution in [-0.2, 0) is 4.84 Å². The first kappa shape index (κ1) is 20.3. The average molecular weight is 417 g/mol. The first-order chi connectivity index (χ1) is 14.3. The molecule has 2 aliphatic rings. The van der Waals surface area contributed by atoms with E-state index in [4.69, 9.17) is 4.84 Å². The van der Waals surface area contributed by atoms with Gasteiger partial charge in [-0.05, 0) is 33.0 Å². The number of carboxylic acids is 1. The van der Waals surface area contributed by atoms with E-state index >= 15 is 4.39 Å². The maximum absolute atomic E-state index is 15.1. The fourth-order valence-corrected chi connectivity index (χ4v) is 3.99. The van der Waals surface area contributed by atoms with Crippen LogP contribution in [0.25, 0.3) is 11.0 Å². The number of halogens is 1. The molecule has 0 aromatic carbocycles. The minimum atomic E-state index is -1.33. The molecule has 1 saturated carbocycles. The number of aromatic carboxylic acids is 1. The van der Waals surface area contributed by atoms with Crippen molar-refractivity contribution in [1.29, 1.82) is 0 Å². The van der Waals surface area contributed by atoms with Crippen LogP contribution >= 0.6 is 0 Å². The standard InChI is InChI=1S/C20H24FN5O4/c1-24(2)7-11-8-25(10-16(11)23-30-3)19-15(21)6-13-17(27)14(20(28)29)9-26(12-4-5-12)18(13)22-19/h6,9,11-12H,4-5,7-8,10H2,1-3H3,(H,28,29)/b23-16-. The number of oxime groups is 1. The summed E-state index contributed by atoms with van der Waals surface area (Å²) in [6, 6.07) is 1.18. The quantitative estimate of drug-likeness (QED) is 0.712. The summed E-state index contributed by atoms with van der Waals surface area (Å²) < 4.78 is 16.7. The summed E-state index contributed by atoms with van der Waals surface area (Å²) in [6.45, 7) is 1.60. The third-order valence-electron chi connectivity index (χ3n) is 5.47. The summed E-state index contributed by atoms with van der Waals surface area (Å²) >= 11 is 0. The maximum Gasteiger partial charge on any atom is 0.341 e. The van der Waals surface area contributed by atoms with E-state index in [1.54, 1.807) is 9.47 Å². The van der Waals surface area contributed by atoms with E-state index in [2.05, 4.69) is 10.1 Å². The van der Waals surface area contributed by atoms with Gasteiger partial charge >= 0.3 is 5.97 Å². The van der Waals surface area contributed by atoms with Crippen LogP contribution in [0.2, 0.25) is 0 Å². The minimum absolute atomic E-state index is 0.0159. The van der Waals surface area contributed by atoms with Gasteiger partial charge in [-0.25, -0.2) is 14.2 Å². The lowest BCUT2D eigenvalue weighted by Gasteiger charge is -2.20. The Morgan fingerprint density at radius 1 is 1.43 bits per heavy atom. The number of rotatable bonds is 6. The molecule has 0 radical (unpaired) electrons. The van der Waals surface area contributed by atoms with Gasteiger partial charge in [0.1, 0.15) is 18.3 Å². The Balaban J connectivity index is 1.81. The maximum atomic E-state index is 15.1. The third-order valence-corrected chi connectivity index (χ3v) is 5.47. The van der Waals surface area contributed by atoms with Gasteiger partial charge in [0.2, 0.25) is 5.43 Å². The number of carboxylic acid groups (broad SMARTS) is 1. The molecule has 2 fully saturated rings. The SMILES string of the molecule is CO/N=C1/CN(c2nc3c(cc2F)c(=O)c(C(=O)O)cn3C2CC2)CC1CN(C)C. The van der Waals surface area contributed by atoms with Crippen LogP contribution in [0, 0.1) is 11.7 Å². The van der Waals surface area contributed by atoms with E-state index in [0.717, 1.165) is 31.2 Å². The molecule has 1 aliphatic carbocycles. The Kier molecular flexibility index (Phi) is 5.19. The molecule has 0 amide bonds. The van der Waals surface area contributed by atoms with Crippen molar-refractivity contribution in [3.63, 3.8) is 0 Å². The number of fused-ring (bicyclic) bond motifs is 1. The van der Waals surface area contributed by atoms with Gasteiger partial charge in [0.05, 0.1) is 17.6 Å². The third kappa shape index (κ3) is 3.62. The largest absolute Gasteiger partial charge is 0.477 e. The highest BCUT2D eigenvalue weighted by Gasteiger charge is 2.34. The first-order valence-electron chi connectivity index (χ1n) is 9.78. The van der Waals surface area contributed by atoms with E-state index in [-0.39, 0.29) is 28.7 Å². The molecule has 3 heterocycles. The van der Waals surface area contributed by atoms with Crippen LogP contribution in [0.4, 0.5) is 10.2 Å². The summed E-state index contributed by atoms with van der Waals surface area (Å²) in [5, 5.41) is 13.5. The Bertz CT molecular complexity index is 1090. The van der Waals surface area contributed by atoms with Crippen LogP contribution in [-0.4, -0.2) is 72.1 Å². The summed E-state index contributed by atoms with van der Waals surface area (Å²) in [5.74, 6) is -1.81. The number of nitrogens with zero attached hydrogens (tertiary/aromatic N) is 5. The summed E-state index contributed by atoms with van der Waals surface area (Å²) in [4.78, 5) is 37.4. The van der Waals surface area contributed by atoms with Crippen LogP contribution in [0.3, 0.4) is 0 Å². The number of hydrogen-bond donors (Lipinski definition) is 1. The number of aromatic nitrogens is 2. The molecular formula is C20H24FN5O4. The smallest absolute Gasteiger partial charge is 0.341 e. The van der Waals surface area contributed by atoms with Crippen molar-refractivity contribution in [3.8, 4) is 0 Å². The molecule has 0 bridgehead atoms. The minimum Gasteiger partial charge on any atom is -0.477 e. The highest BCUT2D eigenvalue weighted by atomic mass is 19.1. The molecule has 1 N–H and O–H groups in total. The van der Waals surface area contributed by atoms with Crippen molar-refractivity contribution in [1.82, 2.24) is 14.5 Å². The topological polar surface area (TPSA) is 100 Å². The number of pyridine rings is 2. The van der Waals surface area contributed by atoms with E-state index in [1.165, 1.54) is 13.3 Å². The van der Waals surface area contributed by atoms with Crippen LogP contribution in [0.1, 0.15) is 29.2 Å². The number of hydrogen-bond acceptors (Lipinski definition) is 7. The van der Waals surface area contributed by atoms with Crippen molar-refractivity contribution < 1.29 is 19.1 Å². The summed E-state index contributed by atoms with van der Waals surface area (Å²) in [5.41, 5.74) is 0.0180. The van der Waals surface area contributed by atoms with Crippen molar-refractivity contribution in [3.05, 3.63) is 33.9 Å². The zero-order chi connectivity index (χ0) is 21.6. The fraction of sp³-hybridized carbons (Fsp3) is 0.500. The highest BCUT2D eigenvalue weighted by Crippen LogP contribution is 2.37. The Morgan fingerprint density at radius 2 is 2.17 bits per heavy atom. The Labute approximate surface area is 172 Å². The second-order valence-corrected chi connectivity index (χ2v) is 8.09. The van der Waals surface area contributed by atoms with E-state index in [1.807, 2.05) is 19.0 Å². The van der Waals surface area contributed by atoms with E-state index in [9.17, 15) is 14.7 Å². The predicted molar refractivity (Wildman–Crippen MR) is 110 cm³/mol. The molecule has 10 heteroatoms. The Hall–Kier alpha value is -3.01. The van der Waals surface area contributed by atoms with Gasteiger partial charge in [-0.2, -0.15) is 0 Å². The molecule has 1 unspecified atom stereocenters. The first-order valence-corrected chi connectivity index (χ1v) is 9.78. The van der Waals surface area contributed by atoms with Gasteiger partial charge < -0.3 is 24.3 Å². The van der Waals surface area contributed by atoms with Gasteiger partial charge in [0, 0.05) is 31.2 Å². The molecule has 2 aromatic heterocycles. The molecule has 1 aliphatic heterocycles. The molecule has 4 rings (SSSR count). The van der Waals surface area contributed by atoms with Crippen molar-refractivity contribution in [2.75, 3.05) is 45.7 Å². The van der Waals surface area contributed by atoms with Gasteiger partial charge in [-0.1, -0.05) is 5.16 Å². The van der Waals surface area contributed by atoms with E-state index in [0.29, 0.717) is 18.7 Å². The molecule has 1 saturated heterocycles. The highest BCUT2D eigenvalue weighted by molar-refractivity contribution is 5.95. The zero-order valence-corrected chi connectivity index (χ0v) is 17.1. The summed E-state index contributed by atoms with van der Waals surface area (Å²) in [7, 11) is 5.39. The lowest BCUT2D eigenvalue weighted by atomic mass is 10.1. The number of carbonyl (C=O) groups is 1. The van der Waals surface area contributed by atoms with Crippen LogP contribution in [0.5, 0.6) is 0 Å². The van der Waals surface area contributed by atoms with Crippen molar-refractivity contribution >= 4 is 28.5 Å². The molecule has 30 heavy (non-hydrogen) atoms. The van der Waals surface area contributed by atoms with Crippen LogP contribution in [0.15, 0.2) is 22.2 Å². The summed E-state index contributed by atoms with van der Waals surface area (Å²) in [6.07, 6.45) is 3.06. The van der Waals surface area contributed by atoms with Gasteiger partial charge in [-0.3, -0.25) is 4.79 Å².